The minimum absolute atomic E-state index is 1.17. The van der Waals surface area contributed by atoms with Crippen LogP contribution in [-0.2, 0) is 10.3 Å². The van der Waals surface area contributed by atoms with E-state index in [1.54, 1.807) is 0 Å². The summed E-state index contributed by atoms with van der Waals surface area (Å²) in [6.45, 7) is 0. The molecular formula is C6H11NO3SSi. The summed E-state index contributed by atoms with van der Waals surface area (Å²) in [5.41, 5.74) is 0. The molecule has 0 saturated heterocycles. The summed E-state index contributed by atoms with van der Waals surface area (Å²) in [5, 5.41) is 5.34. The van der Waals surface area contributed by atoms with Crippen molar-refractivity contribution in [2.24, 2.45) is 5.14 Å². The van der Waals surface area contributed by atoms with Crippen LogP contribution in [0, 0.1) is 0 Å². The Hall–Kier alpha value is -0.693. The summed E-state index contributed by atoms with van der Waals surface area (Å²) in [4.78, 5) is 0. The van der Waals surface area contributed by atoms with Gasteiger partial charge in [-0.25, -0.2) is 5.14 Å². The van der Waals surface area contributed by atoms with Crippen LogP contribution in [0.5, 0.6) is 0 Å². The molecule has 0 fully saturated rings. The molecule has 12 heavy (non-hydrogen) atoms. The summed E-state index contributed by atoms with van der Waals surface area (Å²) < 4.78 is 25.2. The van der Waals surface area contributed by atoms with E-state index in [9.17, 15) is 0 Å². The third kappa shape index (κ3) is 12.0. The highest BCUT2D eigenvalue weighted by atomic mass is 32.2. The van der Waals surface area contributed by atoms with Gasteiger partial charge in [0.2, 0.25) is 0 Å². The Bertz CT molecular complexity index is 303. The molecular weight excluding hydrogens is 194 g/mol. The predicted octanol–water partition coefficient (Wildman–Crippen LogP) is -1.57. The maximum Gasteiger partial charge on any atom is 0.330 e. The lowest BCUT2D eigenvalue weighted by Gasteiger charge is -1.82. The second-order valence-electron chi connectivity index (χ2n) is 2.17. The summed E-state index contributed by atoms with van der Waals surface area (Å²) in [7, 11) is -2.99. The number of hydrogen-bond acceptors (Lipinski definition) is 2. The van der Waals surface area contributed by atoms with Crippen molar-refractivity contribution >= 4 is 25.7 Å². The van der Waals surface area contributed by atoms with E-state index in [1.165, 1.54) is 15.4 Å². The van der Waals surface area contributed by atoms with Crippen LogP contribution in [0.3, 0.4) is 0 Å². The lowest BCUT2D eigenvalue weighted by molar-refractivity contribution is 0.485. The van der Waals surface area contributed by atoms with Gasteiger partial charge in [-0.1, -0.05) is 35.5 Å². The van der Waals surface area contributed by atoms with Crippen molar-refractivity contribution in [1.82, 2.24) is 0 Å². The second kappa shape index (κ2) is 5.04. The van der Waals surface area contributed by atoms with Crippen LogP contribution in [0.2, 0.25) is 0 Å². The SMILES string of the molecule is NS(=O)(=O)O.[SiH3]c1ccccc1. The molecule has 0 unspecified atom stereocenters. The lowest BCUT2D eigenvalue weighted by atomic mass is 10.4. The highest BCUT2D eigenvalue weighted by molar-refractivity contribution is 7.83. The van der Waals surface area contributed by atoms with Crippen molar-refractivity contribution in [3.63, 3.8) is 0 Å². The Labute approximate surface area is 74.7 Å². The van der Waals surface area contributed by atoms with E-state index >= 15 is 0 Å². The monoisotopic (exact) mass is 205 g/mol. The van der Waals surface area contributed by atoms with Crippen molar-refractivity contribution in [2.45, 2.75) is 0 Å². The first kappa shape index (κ1) is 11.3. The van der Waals surface area contributed by atoms with E-state index in [-0.39, 0.29) is 0 Å². The molecule has 0 spiro atoms. The Kier molecular flexibility index (Phi) is 4.75. The molecule has 0 aliphatic rings. The molecule has 0 aromatic heterocycles. The van der Waals surface area contributed by atoms with Crippen LogP contribution < -0.4 is 10.3 Å². The number of benzene rings is 1. The third-order valence-corrected chi connectivity index (χ3v) is 1.61. The zero-order valence-electron chi connectivity index (χ0n) is 6.64. The van der Waals surface area contributed by atoms with Crippen LogP contribution in [0.1, 0.15) is 0 Å². The number of hydrogen-bond donors (Lipinski definition) is 2. The Morgan fingerprint density at radius 3 is 1.75 bits per heavy atom. The van der Waals surface area contributed by atoms with Crippen LogP contribution in [0.4, 0.5) is 0 Å². The fraction of sp³-hybridized carbons (Fsp3) is 0. The molecule has 0 saturated carbocycles. The summed E-state index contributed by atoms with van der Waals surface area (Å²) >= 11 is 0. The van der Waals surface area contributed by atoms with Gasteiger partial charge in [0.15, 0.2) is 0 Å². The second-order valence-corrected chi connectivity index (χ2v) is 4.35. The number of rotatable bonds is 0. The molecule has 0 atom stereocenters. The average molecular weight is 205 g/mol. The zero-order chi connectivity index (χ0) is 9.61. The first-order chi connectivity index (χ1) is 5.39. The molecule has 0 radical (unpaired) electrons. The molecule has 0 amide bonds. The summed E-state index contributed by atoms with van der Waals surface area (Å²) in [6.07, 6.45) is 0. The van der Waals surface area contributed by atoms with Gasteiger partial charge in [-0.2, -0.15) is 8.42 Å². The molecule has 6 heteroatoms. The van der Waals surface area contributed by atoms with Gasteiger partial charge in [-0.15, -0.1) is 0 Å². The van der Waals surface area contributed by atoms with Gasteiger partial charge in [0.1, 0.15) is 0 Å². The van der Waals surface area contributed by atoms with E-state index in [2.05, 4.69) is 29.4 Å². The lowest BCUT2D eigenvalue weighted by Crippen LogP contribution is -2.08. The summed E-state index contributed by atoms with van der Waals surface area (Å²) in [6, 6.07) is 10.5. The van der Waals surface area contributed by atoms with Gasteiger partial charge in [0.25, 0.3) is 0 Å². The molecule has 4 nitrogen and oxygen atoms in total. The maximum atomic E-state index is 8.97. The fourth-order valence-corrected chi connectivity index (χ4v) is 0.919. The molecule has 0 aliphatic heterocycles. The van der Waals surface area contributed by atoms with E-state index in [0.29, 0.717) is 0 Å². The van der Waals surface area contributed by atoms with Gasteiger partial charge in [-0.05, 0) is 0 Å². The molecule has 1 rings (SSSR count). The molecule has 0 heterocycles. The maximum absolute atomic E-state index is 8.97. The van der Waals surface area contributed by atoms with Crippen molar-refractivity contribution in [1.29, 1.82) is 0 Å². The molecule has 1 aromatic carbocycles. The molecule has 68 valence electrons. The van der Waals surface area contributed by atoms with E-state index < -0.39 is 10.3 Å². The predicted molar refractivity (Wildman–Crippen MR) is 51.8 cm³/mol. The first-order valence-corrected chi connectivity index (χ1v) is 5.67. The average Bonchev–Trinajstić information content (AvgIpc) is 1.85. The smallest absolute Gasteiger partial charge is 0.274 e. The molecule has 0 aliphatic carbocycles. The Morgan fingerprint density at radius 2 is 1.58 bits per heavy atom. The minimum Gasteiger partial charge on any atom is -0.274 e. The van der Waals surface area contributed by atoms with Crippen molar-refractivity contribution in [3.05, 3.63) is 30.3 Å². The van der Waals surface area contributed by atoms with Crippen molar-refractivity contribution in [3.8, 4) is 0 Å². The van der Waals surface area contributed by atoms with Gasteiger partial charge in [-0.3, -0.25) is 4.55 Å². The Morgan fingerprint density at radius 1 is 1.25 bits per heavy atom. The standard InChI is InChI=1S/C6H8Si.H3NO3S/c7-6-4-2-1-3-5-6;1-5(2,3)4/h1-5H,7H3;(H3,1,2,3,4). The fourth-order valence-electron chi connectivity index (χ4n) is 0.534. The van der Waals surface area contributed by atoms with Gasteiger partial charge in [0.05, 0.1) is 0 Å². The topological polar surface area (TPSA) is 80.4 Å². The minimum atomic E-state index is -4.17. The molecule has 3 N–H and O–H groups in total. The first-order valence-electron chi connectivity index (χ1n) is 3.16. The van der Waals surface area contributed by atoms with Gasteiger partial charge >= 0.3 is 10.3 Å². The van der Waals surface area contributed by atoms with E-state index in [1.807, 2.05) is 6.07 Å². The summed E-state index contributed by atoms with van der Waals surface area (Å²) in [5.74, 6) is 0. The molecule has 1 aromatic rings. The van der Waals surface area contributed by atoms with Crippen LogP contribution in [-0.4, -0.2) is 23.2 Å². The van der Waals surface area contributed by atoms with E-state index in [0.717, 1.165) is 0 Å². The van der Waals surface area contributed by atoms with Gasteiger partial charge in [0, 0.05) is 10.2 Å². The highest BCUT2D eigenvalue weighted by Gasteiger charge is 1.81. The van der Waals surface area contributed by atoms with Crippen molar-refractivity contribution in [2.75, 3.05) is 0 Å². The molecule has 0 bridgehead atoms. The van der Waals surface area contributed by atoms with Gasteiger partial charge < -0.3 is 0 Å². The van der Waals surface area contributed by atoms with Crippen LogP contribution >= 0.6 is 0 Å². The third-order valence-electron chi connectivity index (χ3n) is 0.940. The normalized spacial score (nSPS) is 10.2. The quantitative estimate of drug-likeness (QED) is 0.396. The van der Waals surface area contributed by atoms with E-state index in [4.69, 9.17) is 13.0 Å². The van der Waals surface area contributed by atoms with Crippen LogP contribution in [0.15, 0.2) is 30.3 Å². The van der Waals surface area contributed by atoms with Crippen molar-refractivity contribution < 1.29 is 13.0 Å². The zero-order valence-corrected chi connectivity index (χ0v) is 9.45. The number of nitrogens with two attached hydrogens (primary N) is 1. The highest BCUT2D eigenvalue weighted by Crippen LogP contribution is 1.76. The largest absolute Gasteiger partial charge is 0.330 e. The Balaban J connectivity index is 0.000000217. The van der Waals surface area contributed by atoms with Crippen LogP contribution in [0.25, 0.3) is 0 Å².